The topological polar surface area (TPSA) is 93.1 Å². The van der Waals surface area contributed by atoms with E-state index in [2.05, 4.69) is 26.8 Å². The summed E-state index contributed by atoms with van der Waals surface area (Å²) in [4.78, 5) is 24.1. The summed E-state index contributed by atoms with van der Waals surface area (Å²) in [6.07, 6.45) is 12.8. The molecule has 7 heteroatoms. The minimum absolute atomic E-state index is 0.167. The van der Waals surface area contributed by atoms with E-state index in [1.54, 1.807) is 0 Å². The number of carbonyl (C=O) groups is 2. The van der Waals surface area contributed by atoms with Crippen molar-refractivity contribution in [3.63, 3.8) is 0 Å². The molecular weight excluding hydrogens is 530 g/mol. The van der Waals surface area contributed by atoms with Gasteiger partial charge in [0.2, 0.25) is 0 Å². The lowest BCUT2D eigenvalue weighted by Gasteiger charge is -2.58. The van der Waals surface area contributed by atoms with Crippen LogP contribution in [-0.4, -0.2) is 72.3 Å². The molecule has 3 fully saturated rings. The van der Waals surface area contributed by atoms with Gasteiger partial charge in [-0.05, 0) is 106 Å². The molecule has 4 aliphatic carbocycles. The van der Waals surface area contributed by atoms with Gasteiger partial charge < -0.3 is 24.2 Å². The van der Waals surface area contributed by atoms with Crippen molar-refractivity contribution in [2.24, 2.45) is 40.4 Å². The average molecular weight is 591 g/mol. The highest BCUT2D eigenvalue weighted by Gasteiger charge is 2.59. The maximum absolute atomic E-state index is 12.7. The van der Waals surface area contributed by atoms with Gasteiger partial charge in [-0.3, -0.25) is 4.79 Å². The summed E-state index contributed by atoms with van der Waals surface area (Å²) in [6.45, 7) is 11.8. The van der Waals surface area contributed by atoms with E-state index in [0.29, 0.717) is 28.3 Å². The summed E-state index contributed by atoms with van der Waals surface area (Å²) in [6, 6.07) is 0. The number of carbonyl (C=O) groups excluding carboxylic acids is 1. The number of likely N-dealkylation sites (N-methyl/N-ethyl adjacent to an activating group) is 1. The van der Waals surface area contributed by atoms with Crippen LogP contribution in [-0.2, 0) is 14.3 Å². The highest BCUT2D eigenvalue weighted by molar-refractivity contribution is 5.68. The van der Waals surface area contributed by atoms with Crippen molar-refractivity contribution in [3.05, 3.63) is 11.6 Å². The molecule has 7 nitrogen and oxygen atoms in total. The first-order valence-corrected chi connectivity index (χ1v) is 16.7. The Morgan fingerprint density at radius 2 is 1.81 bits per heavy atom. The molecule has 4 aliphatic rings. The maximum atomic E-state index is 12.7. The van der Waals surface area contributed by atoms with Gasteiger partial charge in [-0.1, -0.05) is 45.3 Å². The number of rotatable bonds is 11. The number of fused-ring (bicyclic) bond motifs is 5. The quantitative estimate of drug-likeness (QED) is 0.150. The first-order valence-electron chi connectivity index (χ1n) is 16.7. The van der Waals surface area contributed by atoms with E-state index in [4.69, 9.17) is 9.47 Å². The van der Waals surface area contributed by atoms with Gasteiger partial charge in [0.05, 0.1) is 33.2 Å². The largest absolute Gasteiger partial charge is 0.509 e. The molecule has 0 bridgehead atoms. The van der Waals surface area contributed by atoms with Gasteiger partial charge in [-0.15, -0.1) is 0 Å². The summed E-state index contributed by atoms with van der Waals surface area (Å²) >= 11 is 0. The van der Waals surface area contributed by atoms with Crippen molar-refractivity contribution in [2.75, 3.05) is 27.7 Å². The second kappa shape index (κ2) is 12.4. The third-order valence-electron chi connectivity index (χ3n) is 11.9. The minimum Gasteiger partial charge on any atom is -0.481 e. The molecule has 0 amide bonds. The molecule has 9 unspecified atom stereocenters. The Morgan fingerprint density at radius 1 is 1.10 bits per heavy atom. The zero-order chi connectivity index (χ0) is 31.1. The van der Waals surface area contributed by atoms with Crippen LogP contribution in [0.15, 0.2) is 11.6 Å². The third kappa shape index (κ3) is 7.54. The number of allylic oxidation sites excluding steroid dienone is 1. The van der Waals surface area contributed by atoms with Gasteiger partial charge in [0.1, 0.15) is 12.6 Å². The predicted molar refractivity (Wildman–Crippen MR) is 165 cm³/mol. The van der Waals surface area contributed by atoms with Crippen LogP contribution in [0, 0.1) is 40.4 Å². The van der Waals surface area contributed by atoms with Crippen molar-refractivity contribution in [1.82, 2.24) is 0 Å². The normalized spacial score (nSPS) is 36.1. The molecule has 0 aliphatic heterocycles. The van der Waals surface area contributed by atoms with Crippen molar-refractivity contribution in [2.45, 2.75) is 129 Å². The van der Waals surface area contributed by atoms with Gasteiger partial charge in [0.25, 0.3) is 0 Å². The number of aliphatic hydroxyl groups is 1. The predicted octanol–water partition coefficient (Wildman–Crippen LogP) is 7.21. The molecule has 0 heterocycles. The fourth-order valence-electron chi connectivity index (χ4n) is 10.0. The van der Waals surface area contributed by atoms with E-state index in [1.165, 1.54) is 37.7 Å². The number of nitrogens with zero attached hydrogens (tertiary/aromatic N) is 1. The van der Waals surface area contributed by atoms with Crippen molar-refractivity contribution < 1.29 is 33.8 Å². The number of quaternary nitrogens is 1. The fraction of sp³-hybridized carbons (Fsp3) is 0.886. The number of ether oxygens (including phenoxy) is 2. The molecule has 4 rings (SSSR count). The Balaban J connectivity index is 1.37. The van der Waals surface area contributed by atoms with Crippen LogP contribution in [0.25, 0.3) is 0 Å². The molecule has 3 saturated carbocycles. The average Bonchev–Trinajstić information content (AvgIpc) is 3.19. The molecule has 0 spiro atoms. The molecule has 2 N–H and O–H groups in total. The second-order valence-corrected chi connectivity index (χ2v) is 16.7. The Bertz CT molecular complexity index is 1010. The van der Waals surface area contributed by atoms with Crippen LogP contribution in [0.1, 0.15) is 112 Å². The highest BCUT2D eigenvalue weighted by atomic mass is 16.7. The van der Waals surface area contributed by atoms with Crippen LogP contribution in [0.2, 0.25) is 0 Å². The summed E-state index contributed by atoms with van der Waals surface area (Å²) in [5, 5.41) is 19.5. The first kappa shape index (κ1) is 33.3. The number of hydrogen-bond acceptors (Lipinski definition) is 5. The van der Waals surface area contributed by atoms with Crippen LogP contribution in [0.3, 0.4) is 0 Å². The zero-order valence-corrected chi connectivity index (χ0v) is 27.8. The highest BCUT2D eigenvalue weighted by Crippen LogP contribution is 2.67. The van der Waals surface area contributed by atoms with Crippen LogP contribution in [0.5, 0.6) is 0 Å². The Labute approximate surface area is 255 Å². The van der Waals surface area contributed by atoms with Gasteiger partial charge in [0.15, 0.2) is 6.10 Å². The van der Waals surface area contributed by atoms with Crippen LogP contribution in [0.4, 0.5) is 4.79 Å². The van der Waals surface area contributed by atoms with E-state index in [-0.39, 0.29) is 17.9 Å². The molecule has 0 aromatic rings. The molecule has 0 radical (unpaired) electrons. The second-order valence-electron chi connectivity index (χ2n) is 16.7. The van der Waals surface area contributed by atoms with Crippen molar-refractivity contribution in [1.29, 1.82) is 0 Å². The molecule has 0 saturated heterocycles. The number of carboxylic acids is 1. The van der Waals surface area contributed by atoms with Gasteiger partial charge in [-0.25, -0.2) is 4.79 Å². The van der Waals surface area contributed by atoms with E-state index in [0.717, 1.165) is 56.3 Å². The van der Waals surface area contributed by atoms with Gasteiger partial charge in [0, 0.05) is 6.42 Å². The molecular formula is C35H60NO6+. The number of aliphatic carboxylic acids is 1. The summed E-state index contributed by atoms with van der Waals surface area (Å²) in [5.41, 5.74) is 1.47. The summed E-state index contributed by atoms with van der Waals surface area (Å²) in [5.74, 6) is 2.71. The van der Waals surface area contributed by atoms with E-state index in [9.17, 15) is 19.8 Å². The lowest BCUT2D eigenvalue weighted by Crippen LogP contribution is -2.51. The lowest BCUT2D eigenvalue weighted by atomic mass is 9.47. The molecule has 42 heavy (non-hydrogen) atoms. The summed E-state index contributed by atoms with van der Waals surface area (Å²) < 4.78 is 11.8. The zero-order valence-electron chi connectivity index (χ0n) is 27.8. The Kier molecular flexibility index (Phi) is 9.84. The van der Waals surface area contributed by atoms with Gasteiger partial charge >= 0.3 is 12.1 Å². The Morgan fingerprint density at radius 3 is 2.45 bits per heavy atom. The summed E-state index contributed by atoms with van der Waals surface area (Å²) in [7, 11) is 5.86. The smallest absolute Gasteiger partial charge is 0.481 e. The molecule has 0 aromatic heterocycles. The molecule has 0 aromatic carbocycles. The maximum Gasteiger partial charge on any atom is 0.509 e. The molecule has 9 atom stereocenters. The SMILES string of the molecule is CC(CCCC(C)(C)O)C1CCC2C3CC=C4CC(OC(=O)OC(CC(=O)O)C[N+](C)(C)C)CCC4(C)C3CCC12C. The third-order valence-corrected chi connectivity index (χ3v) is 11.9. The Hall–Kier alpha value is -1.60. The van der Waals surface area contributed by atoms with E-state index >= 15 is 0 Å². The first-order chi connectivity index (χ1) is 19.4. The van der Waals surface area contributed by atoms with E-state index in [1.807, 2.05) is 35.0 Å². The number of hydrogen-bond donors (Lipinski definition) is 2. The van der Waals surface area contributed by atoms with E-state index < -0.39 is 23.8 Å². The molecule has 240 valence electrons. The number of carboxylic acid groups (broad SMARTS) is 1. The monoisotopic (exact) mass is 590 g/mol. The van der Waals surface area contributed by atoms with Crippen LogP contribution >= 0.6 is 0 Å². The standard InChI is InChI=1S/C35H59NO6/c1-23(10-9-17-33(2,3)40)28-13-14-29-27-12-11-24-20-25(15-18-34(24,4)30(27)16-19-35(28,29)5)41-32(39)42-26(21-31(37)38)22-36(6,7)8/h11,23,25-30,40H,9-10,12-22H2,1-8H3/p+1. The minimum atomic E-state index is -0.978. The fourth-order valence-corrected chi connectivity index (χ4v) is 10.0. The van der Waals surface area contributed by atoms with Crippen LogP contribution < -0.4 is 0 Å². The van der Waals surface area contributed by atoms with Gasteiger partial charge in [-0.2, -0.15) is 0 Å². The lowest BCUT2D eigenvalue weighted by molar-refractivity contribution is -0.873. The van der Waals surface area contributed by atoms with Crippen molar-refractivity contribution in [3.8, 4) is 0 Å². The van der Waals surface area contributed by atoms with Crippen molar-refractivity contribution >= 4 is 12.1 Å².